The van der Waals surface area contributed by atoms with E-state index in [2.05, 4.69) is 20.3 Å². The Kier molecular flexibility index (Phi) is 32.8. The van der Waals surface area contributed by atoms with E-state index in [1.807, 2.05) is 13.8 Å². The van der Waals surface area contributed by atoms with Crippen LogP contribution in [-0.4, -0.2) is 139 Å². The number of nitrogens with zero attached hydrogens (tertiary/aromatic N) is 2. The van der Waals surface area contributed by atoms with Crippen LogP contribution in [0.1, 0.15) is 77.8 Å². The molecule has 0 radical (unpaired) electrons. The number of carboxylic acid groups (broad SMARTS) is 5. The number of aromatic nitrogens is 2. The number of nitrogens with one attached hydrogen (secondary N) is 2. The van der Waals surface area contributed by atoms with Gasteiger partial charge < -0.3 is 86.4 Å². The fourth-order valence-electron chi connectivity index (χ4n) is 4.04. The lowest BCUT2D eigenvalue weighted by Crippen LogP contribution is -2.45. The van der Waals surface area contributed by atoms with Gasteiger partial charge in [-0.1, -0.05) is 20.3 Å². The summed E-state index contributed by atoms with van der Waals surface area (Å²) in [6.45, 7) is 7.14. The van der Waals surface area contributed by atoms with E-state index in [-0.39, 0.29) is 18.4 Å². The van der Waals surface area contributed by atoms with E-state index in [9.17, 15) is 28.8 Å². The largest absolute Gasteiger partial charge is 0.480 e. The third-order valence-electron chi connectivity index (χ3n) is 7.36. The maximum atomic E-state index is 11.4. The zero-order valence-electron chi connectivity index (χ0n) is 32.9. The third-order valence-corrected chi connectivity index (χ3v) is 7.36. The summed E-state index contributed by atoms with van der Waals surface area (Å²) in [5, 5.41) is 44.9. The number of carbonyl (C=O) groups excluding carboxylic acids is 1. The van der Waals surface area contributed by atoms with Crippen molar-refractivity contribution in [3.05, 3.63) is 18.2 Å². The van der Waals surface area contributed by atoms with Gasteiger partial charge in [0.1, 0.15) is 42.4 Å². The van der Waals surface area contributed by atoms with Gasteiger partial charge in [-0.3, -0.25) is 33.8 Å². The van der Waals surface area contributed by atoms with Crippen LogP contribution in [0.2, 0.25) is 0 Å². The molecule has 1 saturated heterocycles. The number of imidazole rings is 1. The Bertz CT molecular complexity index is 1310. The van der Waals surface area contributed by atoms with Gasteiger partial charge in [0.15, 0.2) is 5.96 Å². The first-order valence-corrected chi connectivity index (χ1v) is 18.1. The van der Waals surface area contributed by atoms with Crippen LogP contribution in [0.5, 0.6) is 0 Å². The van der Waals surface area contributed by atoms with Crippen molar-refractivity contribution in [2.24, 2.45) is 56.8 Å². The average molecular weight is 823 g/mol. The molecule has 7 atom stereocenters. The number of aromatic amines is 1. The van der Waals surface area contributed by atoms with Gasteiger partial charge in [0.05, 0.1) is 6.33 Å². The number of esters is 1. The van der Waals surface area contributed by atoms with E-state index in [0.29, 0.717) is 44.7 Å². The van der Waals surface area contributed by atoms with Crippen LogP contribution in [0.3, 0.4) is 0 Å². The van der Waals surface area contributed by atoms with Crippen molar-refractivity contribution in [3.8, 4) is 0 Å². The van der Waals surface area contributed by atoms with Gasteiger partial charge in [-0.05, 0) is 70.9 Å². The molecule has 1 aliphatic heterocycles. The van der Waals surface area contributed by atoms with Crippen LogP contribution in [-0.2, 0) is 39.9 Å². The number of carbonyl (C=O) groups is 6. The van der Waals surface area contributed by atoms with Crippen LogP contribution in [0.15, 0.2) is 17.5 Å². The van der Waals surface area contributed by atoms with Gasteiger partial charge in [0.2, 0.25) is 0 Å². The number of H-pyrrole nitrogens is 1. The van der Waals surface area contributed by atoms with Gasteiger partial charge in [0.25, 0.3) is 0 Å². The standard InChI is InChI=1S/C10H21N3O4.C6H14N4O2.C6H9N3O2.C6H13NO2.C5H9NO2/c1-6(8(13)9(14)15)17-10(16)7(12)4-2-3-5-11;7-4(5(11)12)2-1-3-10-6(8)9;7-5(6(10)11)1-4-2-8-3-9-4;1-4(2)3-5(7)6(8)9;7-5(8)4-2-1-3-6-4/h6-8H,2-5,11-13H2,1H3,(H,14,15);4H,1-3,7H2,(H,11,12)(H4,8,9,10);2-3,5H,1,7H2,(H,8,9)(H,10,11);4-5H,3,7H2,1-2H3,(H,8,9);4,6H,1-3H2,(H,7,8)/t6-,7+,8+;4-;2*5-;4-/m10000/s1. The average Bonchev–Trinajstić information content (AvgIpc) is 3.86. The fourth-order valence-corrected chi connectivity index (χ4v) is 4.04. The Hall–Kier alpha value is -4.98. The van der Waals surface area contributed by atoms with E-state index >= 15 is 0 Å². The molecule has 2 heterocycles. The molecule has 1 aliphatic rings. The molecule has 0 aliphatic carbocycles. The molecular formula is C33H66N12O12. The summed E-state index contributed by atoms with van der Waals surface area (Å²) in [7, 11) is 0. The summed E-state index contributed by atoms with van der Waals surface area (Å²) in [5.41, 5.74) is 42.7. The molecule has 24 nitrogen and oxygen atoms in total. The minimum absolute atomic E-state index is 0.0129. The zero-order valence-corrected chi connectivity index (χ0v) is 32.9. The summed E-state index contributed by atoms with van der Waals surface area (Å²) in [6.07, 6.45) is 7.70. The highest BCUT2D eigenvalue weighted by atomic mass is 16.5. The third kappa shape index (κ3) is 32.9. The quantitative estimate of drug-likeness (QED) is 0.0267. The number of ether oxygens (including phenoxy) is 1. The van der Waals surface area contributed by atoms with Crippen LogP contribution < -0.4 is 51.2 Å². The maximum Gasteiger partial charge on any atom is 0.324 e. The number of hydrogen-bond acceptors (Lipinski definition) is 16. The van der Waals surface area contributed by atoms with Crippen LogP contribution in [0, 0.1) is 5.92 Å². The maximum absolute atomic E-state index is 11.4. The van der Waals surface area contributed by atoms with E-state index in [0.717, 1.165) is 37.9 Å². The van der Waals surface area contributed by atoms with Crippen molar-refractivity contribution < 1.29 is 59.0 Å². The Balaban J connectivity index is -0.000000655. The number of nitrogens with two attached hydrogens (primary N) is 8. The second-order valence-electron chi connectivity index (χ2n) is 13.1. The monoisotopic (exact) mass is 822 g/mol. The van der Waals surface area contributed by atoms with Gasteiger partial charge in [-0.15, -0.1) is 0 Å². The Morgan fingerprint density at radius 3 is 1.75 bits per heavy atom. The topological polar surface area (TPSA) is 474 Å². The lowest BCUT2D eigenvalue weighted by Gasteiger charge is -2.19. The molecule has 0 spiro atoms. The minimum atomic E-state index is -1.24. The van der Waals surface area contributed by atoms with E-state index in [4.69, 9.17) is 76.1 Å². The SMILES string of the molecule is CC(C)C[C@H](N)C(=O)O.C[C@@H](OC(=O)[C@@H](N)CCCCN)[C@H](N)C(=O)O.NC(N)=NCCC[C@H](N)C(=O)O.N[C@@H](Cc1cnc[nH]1)C(=O)O.O=C(O)[C@@H]1CCCN1. The highest BCUT2D eigenvalue weighted by Gasteiger charge is 2.26. The van der Waals surface area contributed by atoms with E-state index < -0.39 is 72.1 Å². The molecule has 1 aromatic heterocycles. The second kappa shape index (κ2) is 33.2. The predicted molar refractivity (Wildman–Crippen MR) is 209 cm³/mol. The molecule has 24 heteroatoms. The molecule has 1 aromatic rings. The Morgan fingerprint density at radius 1 is 0.825 bits per heavy atom. The predicted octanol–water partition coefficient (Wildman–Crippen LogP) is -3.13. The highest BCUT2D eigenvalue weighted by Crippen LogP contribution is 2.05. The summed E-state index contributed by atoms with van der Waals surface area (Å²) < 4.78 is 4.86. The minimum Gasteiger partial charge on any atom is -0.480 e. The molecule has 0 aromatic carbocycles. The Morgan fingerprint density at radius 2 is 1.39 bits per heavy atom. The molecule has 57 heavy (non-hydrogen) atoms. The number of hydrogen-bond donors (Lipinski definition) is 15. The van der Waals surface area contributed by atoms with Crippen molar-refractivity contribution >= 4 is 41.8 Å². The summed E-state index contributed by atoms with van der Waals surface area (Å²) in [4.78, 5) is 72.9. The normalized spacial score (nSPS) is 15.9. The number of aliphatic imine (C=N–C) groups is 1. The van der Waals surface area contributed by atoms with Gasteiger partial charge in [-0.25, -0.2) is 4.98 Å². The van der Waals surface area contributed by atoms with Gasteiger partial charge in [-0.2, -0.15) is 0 Å². The van der Waals surface area contributed by atoms with Crippen LogP contribution in [0.25, 0.3) is 0 Å². The number of guanidine groups is 1. The van der Waals surface area contributed by atoms with Gasteiger partial charge in [0, 0.05) is 24.9 Å². The van der Waals surface area contributed by atoms with Crippen molar-refractivity contribution in [2.75, 3.05) is 19.6 Å². The van der Waals surface area contributed by atoms with Crippen molar-refractivity contribution in [3.63, 3.8) is 0 Å². The first kappa shape index (κ1) is 56.4. The lowest BCUT2D eigenvalue weighted by molar-refractivity contribution is -0.155. The summed E-state index contributed by atoms with van der Waals surface area (Å²) in [6, 6.07) is -4.63. The molecule has 330 valence electrons. The number of aliphatic carboxylic acids is 5. The molecule has 0 unspecified atom stereocenters. The highest BCUT2D eigenvalue weighted by molar-refractivity contribution is 5.78. The van der Waals surface area contributed by atoms with Crippen LogP contribution in [0.4, 0.5) is 0 Å². The summed E-state index contributed by atoms with van der Waals surface area (Å²) >= 11 is 0. The zero-order chi connectivity index (χ0) is 44.7. The van der Waals surface area contributed by atoms with E-state index in [1.54, 1.807) is 6.20 Å². The first-order chi connectivity index (χ1) is 26.5. The Labute approximate surface area is 331 Å². The lowest BCUT2D eigenvalue weighted by atomic mass is 10.1. The van der Waals surface area contributed by atoms with Crippen molar-refractivity contribution in [2.45, 2.75) is 121 Å². The summed E-state index contributed by atoms with van der Waals surface area (Å²) in [5.74, 6) is -5.12. The molecule has 0 amide bonds. The molecule has 1 fully saturated rings. The number of carboxylic acids is 5. The van der Waals surface area contributed by atoms with Crippen molar-refractivity contribution in [1.29, 1.82) is 0 Å². The number of unbranched alkanes of at least 4 members (excludes halogenated alkanes) is 1. The second-order valence-corrected chi connectivity index (χ2v) is 13.1. The number of rotatable bonds is 20. The molecule has 2 rings (SSSR count). The molecular weight excluding hydrogens is 756 g/mol. The molecule has 0 saturated carbocycles. The van der Waals surface area contributed by atoms with Crippen molar-refractivity contribution in [1.82, 2.24) is 15.3 Å². The van der Waals surface area contributed by atoms with E-state index in [1.165, 1.54) is 13.3 Å². The smallest absolute Gasteiger partial charge is 0.324 e. The first-order valence-electron chi connectivity index (χ1n) is 18.1. The molecule has 0 bridgehead atoms. The van der Waals surface area contributed by atoms with Gasteiger partial charge >= 0.3 is 35.8 Å². The molecule has 23 N–H and O–H groups in total. The fraction of sp³-hybridized carbons (Fsp3) is 0.697. The van der Waals surface area contributed by atoms with Crippen LogP contribution >= 0.6 is 0 Å².